The van der Waals surface area contributed by atoms with Crippen LogP contribution in [-0.4, -0.2) is 35.9 Å². The zero-order chi connectivity index (χ0) is 14.3. The molecule has 0 aliphatic heterocycles. The van der Waals surface area contributed by atoms with E-state index in [1.165, 1.54) is 26.6 Å². The number of hydrogen-bond acceptors (Lipinski definition) is 6. The summed E-state index contributed by atoms with van der Waals surface area (Å²) in [4.78, 5) is 31.7. The number of carbonyl (C=O) groups excluding carboxylic acids is 2. The van der Waals surface area contributed by atoms with E-state index in [0.717, 1.165) is 12.8 Å². The van der Waals surface area contributed by atoms with Gasteiger partial charge in [-0.15, -0.1) is 0 Å². The molecule has 1 unspecified atom stereocenters. The number of ketones is 1. The van der Waals surface area contributed by atoms with Crippen molar-refractivity contribution in [3.8, 4) is 5.88 Å². The minimum atomic E-state index is -0.815. The van der Waals surface area contributed by atoms with Crippen molar-refractivity contribution in [1.82, 2.24) is 9.97 Å². The number of Topliss-reactive ketones (excluding diaryl/α,β-unsaturated/α-hetero) is 1. The predicted molar refractivity (Wildman–Crippen MR) is 67.9 cm³/mol. The van der Waals surface area contributed by atoms with E-state index >= 15 is 0 Å². The molecule has 19 heavy (non-hydrogen) atoms. The average Bonchev–Trinajstić information content (AvgIpc) is 2.47. The van der Waals surface area contributed by atoms with Gasteiger partial charge in [0.25, 0.3) is 0 Å². The molecule has 1 rings (SSSR count). The fourth-order valence-corrected chi connectivity index (χ4v) is 1.67. The van der Waals surface area contributed by atoms with Crippen molar-refractivity contribution < 1.29 is 19.1 Å². The summed E-state index contributed by atoms with van der Waals surface area (Å²) >= 11 is 0. The lowest BCUT2D eigenvalue weighted by molar-refractivity contribution is -0.143. The topological polar surface area (TPSA) is 78.4 Å². The number of aromatic nitrogens is 2. The van der Waals surface area contributed by atoms with Crippen molar-refractivity contribution in [2.45, 2.75) is 26.2 Å². The van der Waals surface area contributed by atoms with Crippen LogP contribution in [0.2, 0.25) is 0 Å². The van der Waals surface area contributed by atoms with E-state index in [0.29, 0.717) is 6.42 Å². The first kappa shape index (κ1) is 15.1. The van der Waals surface area contributed by atoms with Crippen molar-refractivity contribution in [3.63, 3.8) is 0 Å². The molecule has 0 saturated heterocycles. The zero-order valence-electron chi connectivity index (χ0n) is 11.4. The number of ether oxygens (including phenoxy) is 2. The Hall–Kier alpha value is -1.98. The summed E-state index contributed by atoms with van der Waals surface area (Å²) < 4.78 is 9.61. The molecule has 1 aromatic rings. The van der Waals surface area contributed by atoms with Crippen LogP contribution in [0.4, 0.5) is 0 Å². The third kappa shape index (κ3) is 4.01. The molecule has 0 amide bonds. The molecule has 0 aliphatic rings. The highest BCUT2D eigenvalue weighted by Gasteiger charge is 2.29. The molecule has 0 saturated carbocycles. The summed E-state index contributed by atoms with van der Waals surface area (Å²) in [6, 6.07) is 1.42. The number of methoxy groups -OCH3 is 2. The van der Waals surface area contributed by atoms with Crippen LogP contribution >= 0.6 is 0 Å². The van der Waals surface area contributed by atoms with Crippen LogP contribution in [0, 0.1) is 5.92 Å². The van der Waals surface area contributed by atoms with Gasteiger partial charge < -0.3 is 9.47 Å². The van der Waals surface area contributed by atoms with Gasteiger partial charge in [0, 0.05) is 6.07 Å². The lowest BCUT2D eigenvalue weighted by Crippen LogP contribution is -2.26. The van der Waals surface area contributed by atoms with Gasteiger partial charge in [0.1, 0.15) is 17.9 Å². The maximum atomic E-state index is 12.3. The maximum Gasteiger partial charge on any atom is 0.316 e. The number of unbranched alkanes of at least 4 members (excludes halogenated alkanes) is 1. The summed E-state index contributed by atoms with van der Waals surface area (Å²) in [5.41, 5.74) is 0.165. The van der Waals surface area contributed by atoms with Crippen molar-refractivity contribution in [1.29, 1.82) is 0 Å². The van der Waals surface area contributed by atoms with Crippen LogP contribution < -0.4 is 4.74 Å². The van der Waals surface area contributed by atoms with Crippen LogP contribution in [0.3, 0.4) is 0 Å². The Bertz CT molecular complexity index is 448. The van der Waals surface area contributed by atoms with Crippen molar-refractivity contribution in [2.75, 3.05) is 14.2 Å². The van der Waals surface area contributed by atoms with Gasteiger partial charge in [0.05, 0.1) is 14.2 Å². The average molecular weight is 266 g/mol. The highest BCUT2D eigenvalue weighted by atomic mass is 16.5. The van der Waals surface area contributed by atoms with E-state index in [-0.39, 0.29) is 17.4 Å². The number of rotatable bonds is 7. The monoisotopic (exact) mass is 266 g/mol. The van der Waals surface area contributed by atoms with Gasteiger partial charge in [-0.25, -0.2) is 9.97 Å². The summed E-state index contributed by atoms with van der Waals surface area (Å²) in [5, 5.41) is 0. The second kappa shape index (κ2) is 7.45. The Morgan fingerprint density at radius 1 is 1.32 bits per heavy atom. The van der Waals surface area contributed by atoms with Gasteiger partial charge in [-0.05, 0) is 6.42 Å². The molecule has 1 heterocycles. The molecule has 1 aromatic heterocycles. The van der Waals surface area contributed by atoms with Crippen molar-refractivity contribution in [3.05, 3.63) is 18.1 Å². The highest BCUT2D eigenvalue weighted by molar-refractivity contribution is 6.07. The van der Waals surface area contributed by atoms with Crippen LogP contribution in [0.5, 0.6) is 5.88 Å². The number of esters is 1. The molecule has 0 aliphatic carbocycles. The van der Waals surface area contributed by atoms with Gasteiger partial charge in [-0.2, -0.15) is 0 Å². The molecule has 0 aromatic carbocycles. The van der Waals surface area contributed by atoms with Gasteiger partial charge in [0.15, 0.2) is 5.78 Å². The molecule has 104 valence electrons. The summed E-state index contributed by atoms with van der Waals surface area (Å²) in [7, 11) is 2.72. The van der Waals surface area contributed by atoms with Crippen LogP contribution in [0.15, 0.2) is 12.4 Å². The lowest BCUT2D eigenvalue weighted by atomic mass is 9.95. The first-order chi connectivity index (χ1) is 9.13. The second-order valence-corrected chi connectivity index (χ2v) is 4.03. The summed E-state index contributed by atoms with van der Waals surface area (Å²) in [6.45, 7) is 1.99. The molecule has 0 radical (unpaired) electrons. The maximum absolute atomic E-state index is 12.3. The van der Waals surface area contributed by atoms with Gasteiger partial charge in [0.2, 0.25) is 5.88 Å². The quantitative estimate of drug-likeness (QED) is 0.424. The lowest BCUT2D eigenvalue weighted by Gasteiger charge is -2.12. The largest absolute Gasteiger partial charge is 0.481 e. The van der Waals surface area contributed by atoms with E-state index in [2.05, 4.69) is 14.7 Å². The molecular formula is C13H18N2O4. The normalized spacial score (nSPS) is 11.7. The van der Waals surface area contributed by atoms with E-state index < -0.39 is 11.9 Å². The minimum Gasteiger partial charge on any atom is -0.481 e. The molecule has 6 heteroatoms. The number of nitrogens with zero attached hydrogens (tertiary/aromatic N) is 2. The Morgan fingerprint density at radius 3 is 2.63 bits per heavy atom. The third-order valence-corrected chi connectivity index (χ3v) is 2.75. The van der Waals surface area contributed by atoms with Gasteiger partial charge in [-0.1, -0.05) is 19.8 Å². The Kier molecular flexibility index (Phi) is 5.92. The first-order valence-corrected chi connectivity index (χ1v) is 6.12. The summed E-state index contributed by atoms with van der Waals surface area (Å²) in [5.74, 6) is -1.42. The Labute approximate surface area is 112 Å². The smallest absolute Gasteiger partial charge is 0.316 e. The standard InChI is InChI=1S/C13H18N2O4/c1-4-5-6-9(13(17)19-3)12(16)10-7-11(18-2)15-8-14-10/h7-9H,4-6H2,1-3H3. The van der Waals surface area contributed by atoms with Crippen LogP contribution in [-0.2, 0) is 9.53 Å². The van der Waals surface area contributed by atoms with E-state index in [1.54, 1.807) is 0 Å². The zero-order valence-corrected chi connectivity index (χ0v) is 11.4. The van der Waals surface area contributed by atoms with Crippen molar-refractivity contribution >= 4 is 11.8 Å². The SMILES string of the molecule is CCCCC(C(=O)OC)C(=O)c1cc(OC)ncn1. The van der Waals surface area contributed by atoms with E-state index in [1.807, 2.05) is 6.92 Å². The van der Waals surface area contributed by atoms with E-state index in [4.69, 9.17) is 4.74 Å². The van der Waals surface area contributed by atoms with Gasteiger partial charge >= 0.3 is 5.97 Å². The van der Waals surface area contributed by atoms with Crippen LogP contribution in [0.1, 0.15) is 36.7 Å². The Balaban J connectivity index is 2.93. The van der Waals surface area contributed by atoms with Crippen molar-refractivity contribution in [2.24, 2.45) is 5.92 Å². The molecule has 0 spiro atoms. The van der Waals surface area contributed by atoms with Crippen LogP contribution in [0.25, 0.3) is 0 Å². The fraction of sp³-hybridized carbons (Fsp3) is 0.538. The molecule has 1 atom stereocenters. The first-order valence-electron chi connectivity index (χ1n) is 6.12. The third-order valence-electron chi connectivity index (χ3n) is 2.75. The predicted octanol–water partition coefficient (Wildman–Crippen LogP) is 1.65. The Morgan fingerprint density at radius 2 is 2.05 bits per heavy atom. The summed E-state index contributed by atoms with van der Waals surface area (Å²) in [6.07, 6.45) is 3.36. The number of carbonyl (C=O) groups is 2. The molecule has 0 fully saturated rings. The molecule has 0 N–H and O–H groups in total. The minimum absolute atomic E-state index is 0.165. The van der Waals surface area contributed by atoms with Gasteiger partial charge in [-0.3, -0.25) is 9.59 Å². The fourth-order valence-electron chi connectivity index (χ4n) is 1.67. The number of hydrogen-bond donors (Lipinski definition) is 0. The molecule has 0 bridgehead atoms. The highest BCUT2D eigenvalue weighted by Crippen LogP contribution is 2.17. The molecule has 6 nitrogen and oxygen atoms in total. The van der Waals surface area contributed by atoms with E-state index in [9.17, 15) is 9.59 Å². The molecular weight excluding hydrogens is 248 g/mol. The second-order valence-electron chi connectivity index (χ2n) is 4.03.